The van der Waals surface area contributed by atoms with Crippen LogP contribution in [0.5, 0.6) is 5.75 Å². The Hall–Kier alpha value is -3.35. The Bertz CT molecular complexity index is 1110. The lowest BCUT2D eigenvalue weighted by molar-refractivity contribution is 0.0136. The van der Waals surface area contributed by atoms with Crippen LogP contribution in [0.25, 0.3) is 11.1 Å². The van der Waals surface area contributed by atoms with Gasteiger partial charge in [-0.1, -0.05) is 48.5 Å². The summed E-state index contributed by atoms with van der Waals surface area (Å²) in [4.78, 5) is 12.3. The van der Waals surface area contributed by atoms with Crippen molar-refractivity contribution in [3.63, 3.8) is 0 Å². The van der Waals surface area contributed by atoms with Crippen LogP contribution in [0.15, 0.2) is 60.7 Å². The molecule has 3 aromatic carbocycles. The zero-order valence-electron chi connectivity index (χ0n) is 19.7. The van der Waals surface area contributed by atoms with Gasteiger partial charge in [-0.25, -0.2) is 4.79 Å². The summed E-state index contributed by atoms with van der Waals surface area (Å²) < 4.78 is 10.9. The van der Waals surface area contributed by atoms with Crippen molar-refractivity contribution in [1.29, 1.82) is 0 Å². The largest absolute Gasteiger partial charge is 0.496 e. The Balaban J connectivity index is 1.29. The molecule has 0 aromatic heterocycles. The van der Waals surface area contributed by atoms with Crippen LogP contribution in [0.3, 0.4) is 0 Å². The first-order chi connectivity index (χ1) is 16.4. The number of carbonyl (C=O) groups is 1. The van der Waals surface area contributed by atoms with E-state index in [4.69, 9.17) is 9.47 Å². The Morgan fingerprint density at radius 1 is 0.971 bits per heavy atom. The van der Waals surface area contributed by atoms with Gasteiger partial charge in [-0.2, -0.15) is 0 Å². The number of hydrogen-bond donors (Lipinski definition) is 3. The zero-order chi connectivity index (χ0) is 24.2. The van der Waals surface area contributed by atoms with E-state index in [-0.39, 0.29) is 25.5 Å². The Kier molecular flexibility index (Phi) is 7.20. The van der Waals surface area contributed by atoms with Gasteiger partial charge in [0.1, 0.15) is 18.5 Å². The molecule has 6 heteroatoms. The summed E-state index contributed by atoms with van der Waals surface area (Å²) in [5.41, 5.74) is 7.05. The summed E-state index contributed by atoms with van der Waals surface area (Å²) in [6.45, 7) is 4.21. The zero-order valence-corrected chi connectivity index (χ0v) is 19.7. The lowest BCUT2D eigenvalue weighted by Crippen LogP contribution is -2.30. The summed E-state index contributed by atoms with van der Waals surface area (Å²) in [7, 11) is 1.61. The molecule has 6 nitrogen and oxygen atoms in total. The van der Waals surface area contributed by atoms with Crippen molar-refractivity contribution < 1.29 is 24.5 Å². The number of aliphatic hydroxyl groups is 2. The standard InChI is InChI=1S/C28H31NO5/c1-17-14-19(15-18(2)27(17)33-3)26(31)25(30)12-13-29-28(32)34-16-24-22-10-6-4-8-20(22)21-9-5-7-11-23(21)24/h4-11,14-15,24-26,30-31H,12-13,16H2,1-3H3,(H,29,32). The number of aryl methyl sites for hydroxylation is 2. The predicted molar refractivity (Wildman–Crippen MR) is 131 cm³/mol. The highest BCUT2D eigenvalue weighted by atomic mass is 16.5. The maximum Gasteiger partial charge on any atom is 0.407 e. The van der Waals surface area contributed by atoms with Crippen molar-refractivity contribution in [3.8, 4) is 16.9 Å². The lowest BCUT2D eigenvalue weighted by Gasteiger charge is -2.20. The van der Waals surface area contributed by atoms with Crippen molar-refractivity contribution >= 4 is 6.09 Å². The molecule has 2 unspecified atom stereocenters. The third kappa shape index (κ3) is 4.79. The second-order valence-electron chi connectivity index (χ2n) is 8.74. The van der Waals surface area contributed by atoms with Gasteiger partial charge in [-0.05, 0) is 71.3 Å². The Labute approximate surface area is 200 Å². The molecule has 0 aliphatic heterocycles. The first kappa shape index (κ1) is 23.8. The van der Waals surface area contributed by atoms with Crippen LogP contribution in [0, 0.1) is 13.8 Å². The maximum absolute atomic E-state index is 12.3. The molecule has 3 N–H and O–H groups in total. The Morgan fingerprint density at radius 3 is 2.09 bits per heavy atom. The number of aliphatic hydroxyl groups excluding tert-OH is 2. The van der Waals surface area contributed by atoms with Gasteiger partial charge in [0.2, 0.25) is 0 Å². The first-order valence-electron chi connectivity index (χ1n) is 11.5. The van der Waals surface area contributed by atoms with Crippen LogP contribution in [0.1, 0.15) is 46.3 Å². The fourth-order valence-corrected chi connectivity index (χ4v) is 4.83. The number of amides is 1. The second-order valence-corrected chi connectivity index (χ2v) is 8.74. The Morgan fingerprint density at radius 2 is 1.53 bits per heavy atom. The summed E-state index contributed by atoms with van der Waals surface area (Å²) in [6, 6.07) is 20.0. The molecule has 3 aromatic rings. The minimum atomic E-state index is -1.06. The first-order valence-corrected chi connectivity index (χ1v) is 11.5. The number of ether oxygens (including phenoxy) is 2. The molecular weight excluding hydrogens is 430 g/mol. The third-order valence-electron chi connectivity index (χ3n) is 6.45. The van der Waals surface area contributed by atoms with Crippen LogP contribution in [0.2, 0.25) is 0 Å². The highest BCUT2D eigenvalue weighted by molar-refractivity contribution is 5.79. The van der Waals surface area contributed by atoms with Gasteiger partial charge < -0.3 is 25.0 Å². The van der Waals surface area contributed by atoms with Gasteiger partial charge in [0.05, 0.1) is 13.2 Å². The van der Waals surface area contributed by atoms with Gasteiger partial charge in [0.15, 0.2) is 0 Å². The smallest absolute Gasteiger partial charge is 0.407 e. The van der Waals surface area contributed by atoms with E-state index in [1.807, 2.05) is 38.1 Å². The number of nitrogens with one attached hydrogen (secondary N) is 1. The maximum atomic E-state index is 12.3. The van der Waals surface area contributed by atoms with Crippen molar-refractivity contribution in [2.24, 2.45) is 0 Å². The topological polar surface area (TPSA) is 88.0 Å². The van der Waals surface area contributed by atoms with Crippen LogP contribution < -0.4 is 10.1 Å². The van der Waals surface area contributed by atoms with E-state index in [9.17, 15) is 15.0 Å². The van der Waals surface area contributed by atoms with E-state index in [0.717, 1.165) is 28.0 Å². The predicted octanol–water partition coefficient (Wildman–Crippen LogP) is 4.64. The molecule has 0 radical (unpaired) electrons. The van der Waals surface area contributed by atoms with Crippen LogP contribution in [0.4, 0.5) is 4.79 Å². The van der Waals surface area contributed by atoms with Gasteiger partial charge in [0.25, 0.3) is 0 Å². The molecule has 1 amide bonds. The fourth-order valence-electron chi connectivity index (χ4n) is 4.83. The third-order valence-corrected chi connectivity index (χ3v) is 6.45. The molecule has 0 fully saturated rings. The molecule has 34 heavy (non-hydrogen) atoms. The van der Waals surface area contributed by atoms with Crippen molar-refractivity contribution in [3.05, 3.63) is 88.5 Å². The van der Waals surface area contributed by atoms with Crippen molar-refractivity contribution in [2.75, 3.05) is 20.3 Å². The van der Waals surface area contributed by atoms with Crippen molar-refractivity contribution in [1.82, 2.24) is 5.32 Å². The minimum Gasteiger partial charge on any atom is -0.496 e. The summed E-state index contributed by atoms with van der Waals surface area (Å²) >= 11 is 0. The molecule has 178 valence electrons. The van der Waals surface area contributed by atoms with Gasteiger partial charge >= 0.3 is 6.09 Å². The van der Waals surface area contributed by atoms with E-state index in [0.29, 0.717) is 5.56 Å². The van der Waals surface area contributed by atoms with Crippen LogP contribution in [-0.4, -0.2) is 42.7 Å². The van der Waals surface area contributed by atoms with E-state index >= 15 is 0 Å². The van der Waals surface area contributed by atoms with E-state index in [1.54, 1.807) is 19.2 Å². The number of fused-ring (bicyclic) bond motifs is 3. The second kappa shape index (κ2) is 10.3. The monoisotopic (exact) mass is 461 g/mol. The van der Waals surface area contributed by atoms with Crippen LogP contribution in [-0.2, 0) is 4.74 Å². The average molecular weight is 462 g/mol. The van der Waals surface area contributed by atoms with E-state index in [2.05, 4.69) is 29.6 Å². The molecule has 1 aliphatic carbocycles. The quantitative estimate of drug-likeness (QED) is 0.455. The molecule has 1 aliphatic rings. The fraction of sp³-hybridized carbons (Fsp3) is 0.321. The highest BCUT2D eigenvalue weighted by Gasteiger charge is 2.29. The van der Waals surface area contributed by atoms with Crippen molar-refractivity contribution in [2.45, 2.75) is 38.4 Å². The normalized spacial score (nSPS) is 14.1. The summed E-state index contributed by atoms with van der Waals surface area (Å²) in [6.07, 6.45) is -2.44. The molecular formula is C28H31NO5. The molecule has 0 saturated carbocycles. The molecule has 0 heterocycles. The van der Waals surface area contributed by atoms with Gasteiger partial charge in [0, 0.05) is 12.5 Å². The number of methoxy groups -OCH3 is 1. The molecule has 0 saturated heterocycles. The number of benzene rings is 3. The minimum absolute atomic E-state index is 0.00730. The number of alkyl carbamates (subject to hydrolysis) is 1. The highest BCUT2D eigenvalue weighted by Crippen LogP contribution is 2.44. The van der Waals surface area contributed by atoms with Crippen LogP contribution >= 0.6 is 0 Å². The number of hydrogen-bond acceptors (Lipinski definition) is 5. The van der Waals surface area contributed by atoms with Gasteiger partial charge in [-0.3, -0.25) is 0 Å². The number of rotatable bonds is 8. The summed E-state index contributed by atoms with van der Waals surface area (Å²) in [5.74, 6) is 0.759. The molecule has 2 atom stereocenters. The molecule has 0 bridgehead atoms. The average Bonchev–Trinajstić information content (AvgIpc) is 3.15. The SMILES string of the molecule is COc1c(C)cc(C(O)C(O)CCNC(=O)OCC2c3ccccc3-c3ccccc32)cc1C. The van der Waals surface area contributed by atoms with Gasteiger partial charge in [-0.15, -0.1) is 0 Å². The lowest BCUT2D eigenvalue weighted by atomic mass is 9.97. The number of carbonyl (C=O) groups excluding carboxylic acids is 1. The molecule has 0 spiro atoms. The van der Waals surface area contributed by atoms with E-state index in [1.165, 1.54) is 11.1 Å². The summed E-state index contributed by atoms with van der Waals surface area (Å²) in [5, 5.41) is 23.7. The molecule has 4 rings (SSSR count). The van der Waals surface area contributed by atoms with E-state index < -0.39 is 18.3 Å².